The molecule has 0 saturated carbocycles. The first-order chi connectivity index (χ1) is 11.9. The van der Waals surface area contributed by atoms with Crippen LogP contribution in [0.3, 0.4) is 0 Å². The number of halogens is 3. The second-order valence-electron chi connectivity index (χ2n) is 5.40. The molecule has 1 rings (SSSR count). The first kappa shape index (κ1) is 21.7. The lowest BCUT2D eigenvalue weighted by Crippen LogP contribution is -2.41. The lowest BCUT2D eigenvalue weighted by atomic mass is 10.4. The molecule has 1 aromatic heterocycles. The summed E-state index contributed by atoms with van der Waals surface area (Å²) in [5, 5.41) is 7.59. The van der Waals surface area contributed by atoms with Crippen LogP contribution in [0.2, 0.25) is 0 Å². The van der Waals surface area contributed by atoms with Crippen molar-refractivity contribution in [3.05, 3.63) is 16.1 Å². The highest BCUT2D eigenvalue weighted by atomic mass is 32.1. The Balaban J connectivity index is 2.44. The second kappa shape index (κ2) is 11.3. The average Bonchev–Trinajstić information content (AvgIpc) is 3.02. The number of rotatable bonds is 10. The summed E-state index contributed by atoms with van der Waals surface area (Å²) in [6.45, 7) is 5.88. The summed E-state index contributed by atoms with van der Waals surface area (Å²) in [6, 6.07) is 0. The van der Waals surface area contributed by atoms with Crippen LogP contribution < -0.4 is 10.6 Å². The van der Waals surface area contributed by atoms with Crippen LogP contribution in [0.5, 0.6) is 0 Å². The fourth-order valence-corrected chi connectivity index (χ4v) is 2.68. The summed E-state index contributed by atoms with van der Waals surface area (Å²) < 4.78 is 42.7. The Morgan fingerprint density at radius 3 is 2.72 bits per heavy atom. The number of ether oxygens (including phenoxy) is 1. The predicted molar refractivity (Wildman–Crippen MR) is 93.9 cm³/mol. The standard InChI is InChI=1S/C15H26F3N5OS/c1-4-19-14(20-6-8-23(2)7-5-9-24-3)21-10-13-22-12(11-25-13)15(16,17)18/h11H,4-10H2,1-3H3,(H2,19,20,21). The van der Waals surface area contributed by atoms with Crippen LogP contribution in [0, 0.1) is 0 Å². The van der Waals surface area contributed by atoms with Crippen LogP contribution >= 0.6 is 11.3 Å². The highest BCUT2D eigenvalue weighted by molar-refractivity contribution is 7.09. The smallest absolute Gasteiger partial charge is 0.385 e. The van der Waals surface area contributed by atoms with E-state index >= 15 is 0 Å². The highest BCUT2D eigenvalue weighted by Crippen LogP contribution is 2.30. The Kier molecular flexibility index (Phi) is 9.76. The van der Waals surface area contributed by atoms with Gasteiger partial charge in [0.05, 0.1) is 6.54 Å². The number of nitrogens with one attached hydrogen (secondary N) is 2. The van der Waals surface area contributed by atoms with Crippen molar-refractivity contribution in [3.8, 4) is 0 Å². The quantitative estimate of drug-likeness (QED) is 0.370. The van der Waals surface area contributed by atoms with E-state index in [0.717, 1.165) is 42.8 Å². The lowest BCUT2D eigenvalue weighted by Gasteiger charge is -2.18. The summed E-state index contributed by atoms with van der Waals surface area (Å²) >= 11 is 0.963. The summed E-state index contributed by atoms with van der Waals surface area (Å²) in [4.78, 5) is 10.0. The largest absolute Gasteiger partial charge is 0.434 e. The van der Waals surface area contributed by atoms with Gasteiger partial charge in [0.25, 0.3) is 0 Å². The van der Waals surface area contributed by atoms with E-state index in [1.165, 1.54) is 0 Å². The van der Waals surface area contributed by atoms with Gasteiger partial charge in [0.1, 0.15) is 5.01 Å². The molecule has 10 heteroatoms. The van der Waals surface area contributed by atoms with Gasteiger partial charge in [-0.1, -0.05) is 0 Å². The van der Waals surface area contributed by atoms with Crippen molar-refractivity contribution in [1.29, 1.82) is 0 Å². The third-order valence-corrected chi connectivity index (χ3v) is 4.07. The Bertz CT molecular complexity index is 522. The monoisotopic (exact) mass is 381 g/mol. The normalized spacial score (nSPS) is 12.7. The molecule has 0 unspecified atom stereocenters. The van der Waals surface area contributed by atoms with E-state index in [1.54, 1.807) is 7.11 Å². The van der Waals surface area contributed by atoms with Crippen molar-refractivity contribution in [3.63, 3.8) is 0 Å². The number of aliphatic imine (C=N–C) groups is 1. The number of alkyl halides is 3. The van der Waals surface area contributed by atoms with E-state index in [0.29, 0.717) is 24.1 Å². The number of methoxy groups -OCH3 is 1. The number of hydrogen-bond donors (Lipinski definition) is 2. The molecule has 2 N–H and O–H groups in total. The van der Waals surface area contributed by atoms with Gasteiger partial charge < -0.3 is 20.3 Å². The molecule has 1 heterocycles. The van der Waals surface area contributed by atoms with E-state index in [1.807, 2.05) is 14.0 Å². The van der Waals surface area contributed by atoms with Crippen LogP contribution in [-0.4, -0.2) is 62.8 Å². The number of nitrogens with zero attached hydrogens (tertiary/aromatic N) is 3. The van der Waals surface area contributed by atoms with Gasteiger partial charge in [0, 0.05) is 45.3 Å². The van der Waals surface area contributed by atoms with Crippen LogP contribution in [0.25, 0.3) is 0 Å². The third kappa shape index (κ3) is 9.03. The molecule has 6 nitrogen and oxygen atoms in total. The van der Waals surface area contributed by atoms with Crippen LogP contribution in [0.1, 0.15) is 24.0 Å². The zero-order valence-corrected chi connectivity index (χ0v) is 15.6. The van der Waals surface area contributed by atoms with Crippen LogP contribution in [-0.2, 0) is 17.5 Å². The number of guanidine groups is 1. The minimum Gasteiger partial charge on any atom is -0.385 e. The van der Waals surface area contributed by atoms with Crippen molar-refractivity contribution in [1.82, 2.24) is 20.5 Å². The van der Waals surface area contributed by atoms with Gasteiger partial charge in [-0.25, -0.2) is 9.98 Å². The molecule has 25 heavy (non-hydrogen) atoms. The van der Waals surface area contributed by atoms with Gasteiger partial charge in [-0.15, -0.1) is 11.3 Å². The molecule has 144 valence electrons. The van der Waals surface area contributed by atoms with Gasteiger partial charge in [0.2, 0.25) is 0 Å². The van der Waals surface area contributed by atoms with Crippen LogP contribution in [0.4, 0.5) is 13.2 Å². The van der Waals surface area contributed by atoms with E-state index in [9.17, 15) is 13.2 Å². The maximum atomic E-state index is 12.5. The first-order valence-corrected chi connectivity index (χ1v) is 8.96. The number of likely N-dealkylation sites (N-methyl/N-ethyl adjacent to an activating group) is 1. The number of aromatic nitrogens is 1. The van der Waals surface area contributed by atoms with Crippen molar-refractivity contribution in [2.24, 2.45) is 4.99 Å². The number of hydrogen-bond acceptors (Lipinski definition) is 5. The van der Waals surface area contributed by atoms with Gasteiger partial charge in [-0.3, -0.25) is 0 Å². The van der Waals surface area contributed by atoms with Gasteiger partial charge in [-0.05, 0) is 20.4 Å². The molecule has 0 radical (unpaired) electrons. The fraction of sp³-hybridized carbons (Fsp3) is 0.733. The summed E-state index contributed by atoms with van der Waals surface area (Å²) in [6.07, 6.45) is -3.44. The summed E-state index contributed by atoms with van der Waals surface area (Å²) in [5.74, 6) is 0.566. The zero-order chi connectivity index (χ0) is 18.7. The van der Waals surface area contributed by atoms with E-state index in [4.69, 9.17) is 4.74 Å². The SMILES string of the molecule is CCNC(=NCc1nc(C(F)(F)F)cs1)NCCN(C)CCCOC. The van der Waals surface area contributed by atoms with Crippen molar-refractivity contribution < 1.29 is 17.9 Å². The molecule has 0 bridgehead atoms. The van der Waals surface area contributed by atoms with Gasteiger partial charge in [-0.2, -0.15) is 13.2 Å². The molecule has 0 spiro atoms. The molecule has 0 aliphatic heterocycles. The summed E-state index contributed by atoms with van der Waals surface area (Å²) in [7, 11) is 3.70. The Labute approximate surface area is 150 Å². The van der Waals surface area contributed by atoms with Gasteiger partial charge in [0.15, 0.2) is 11.7 Å². The molecule has 0 aromatic carbocycles. The topological polar surface area (TPSA) is 61.8 Å². The van der Waals surface area contributed by atoms with E-state index < -0.39 is 11.9 Å². The molecule has 1 aromatic rings. The maximum absolute atomic E-state index is 12.5. The Hall–Kier alpha value is -1.39. The molecule has 0 aliphatic rings. The van der Waals surface area contributed by atoms with E-state index in [2.05, 4.69) is 25.5 Å². The van der Waals surface area contributed by atoms with Gasteiger partial charge >= 0.3 is 6.18 Å². The molecular weight excluding hydrogens is 355 g/mol. The molecule has 0 amide bonds. The molecule has 0 saturated heterocycles. The van der Waals surface area contributed by atoms with Crippen molar-refractivity contribution in [2.45, 2.75) is 26.1 Å². The second-order valence-corrected chi connectivity index (χ2v) is 6.34. The predicted octanol–water partition coefficient (Wildman–Crippen LogP) is 2.19. The maximum Gasteiger partial charge on any atom is 0.434 e. The zero-order valence-electron chi connectivity index (χ0n) is 14.8. The Morgan fingerprint density at radius 2 is 2.12 bits per heavy atom. The first-order valence-electron chi connectivity index (χ1n) is 8.08. The number of thiazole rings is 1. The molecular formula is C15H26F3N5OS. The van der Waals surface area contributed by atoms with Crippen molar-refractivity contribution in [2.75, 3.05) is 46.9 Å². The minimum absolute atomic E-state index is 0.111. The van der Waals surface area contributed by atoms with Crippen LogP contribution in [0.15, 0.2) is 10.4 Å². The Morgan fingerprint density at radius 1 is 1.36 bits per heavy atom. The third-order valence-electron chi connectivity index (χ3n) is 3.23. The summed E-state index contributed by atoms with van der Waals surface area (Å²) in [5.41, 5.74) is -0.863. The highest BCUT2D eigenvalue weighted by Gasteiger charge is 2.33. The fourth-order valence-electron chi connectivity index (χ4n) is 1.96. The molecule has 0 fully saturated rings. The van der Waals surface area contributed by atoms with Crippen molar-refractivity contribution >= 4 is 17.3 Å². The van der Waals surface area contributed by atoms with E-state index in [-0.39, 0.29) is 6.54 Å². The average molecular weight is 381 g/mol. The molecule has 0 atom stereocenters. The minimum atomic E-state index is -4.41. The molecule has 0 aliphatic carbocycles. The lowest BCUT2D eigenvalue weighted by molar-refractivity contribution is -0.140.